The first-order valence-electron chi connectivity index (χ1n) is 9.95. The number of β-lactam (4-membered cyclic amide) rings is 1. The minimum atomic E-state index is -1.71. The molecule has 1 N–H and O–H groups in total. The van der Waals surface area contributed by atoms with Crippen molar-refractivity contribution in [3.63, 3.8) is 0 Å². The van der Waals surface area contributed by atoms with Crippen LogP contribution in [0.15, 0.2) is 30.3 Å². The van der Waals surface area contributed by atoms with Crippen molar-refractivity contribution in [1.82, 2.24) is 9.80 Å². The third-order valence-corrected chi connectivity index (χ3v) is 7.04. The van der Waals surface area contributed by atoms with Crippen molar-refractivity contribution in [2.45, 2.75) is 49.6 Å². The van der Waals surface area contributed by atoms with Gasteiger partial charge in [-0.2, -0.15) is 0 Å². The SMILES string of the molecule is CCOC(=O)CN(Cc1ccccc1)C(=O)[C@@H](O)[C@@H]1C(=O)N2[C@@H]1SC(C)(C)[C@@H]2C(=O)[O-].[Na+]. The summed E-state index contributed by atoms with van der Waals surface area (Å²) in [6.45, 7) is 4.81. The maximum absolute atomic E-state index is 13.1. The van der Waals surface area contributed by atoms with E-state index >= 15 is 0 Å². The number of ether oxygens (including phenoxy) is 1. The summed E-state index contributed by atoms with van der Waals surface area (Å²) < 4.78 is 4.10. The number of rotatable bonds is 8. The molecule has 3 rings (SSSR count). The third-order valence-electron chi connectivity index (χ3n) is 5.45. The zero-order valence-corrected chi connectivity index (χ0v) is 21.3. The molecule has 4 atom stereocenters. The molecular weight excluding hydrogens is 447 g/mol. The van der Waals surface area contributed by atoms with Gasteiger partial charge in [0.1, 0.15) is 18.6 Å². The van der Waals surface area contributed by atoms with Crippen molar-refractivity contribution in [1.29, 1.82) is 0 Å². The van der Waals surface area contributed by atoms with E-state index < -0.39 is 51.9 Å². The van der Waals surface area contributed by atoms with Crippen molar-refractivity contribution >= 4 is 35.5 Å². The van der Waals surface area contributed by atoms with Gasteiger partial charge < -0.3 is 29.5 Å². The molecule has 0 unspecified atom stereocenters. The van der Waals surface area contributed by atoms with Crippen LogP contribution < -0.4 is 34.7 Å². The van der Waals surface area contributed by atoms with Crippen molar-refractivity contribution in [3.05, 3.63) is 35.9 Å². The van der Waals surface area contributed by atoms with Crippen LogP contribution in [-0.4, -0.2) is 74.1 Å². The Morgan fingerprint density at radius 2 is 1.91 bits per heavy atom. The molecule has 2 aliphatic rings. The van der Waals surface area contributed by atoms with Gasteiger partial charge in [0.2, 0.25) is 5.91 Å². The fraction of sp³-hybridized carbons (Fsp3) is 0.524. The predicted molar refractivity (Wildman–Crippen MR) is 109 cm³/mol. The summed E-state index contributed by atoms with van der Waals surface area (Å²) in [7, 11) is 0. The van der Waals surface area contributed by atoms with Gasteiger partial charge in [-0.05, 0) is 26.3 Å². The van der Waals surface area contributed by atoms with Crippen LogP contribution in [0.2, 0.25) is 0 Å². The number of aliphatic carboxylic acids is 1. The number of carboxylic acids is 1. The van der Waals surface area contributed by atoms with Crippen molar-refractivity contribution in [2.75, 3.05) is 13.2 Å². The smallest absolute Gasteiger partial charge is 0.548 e. The molecule has 11 heteroatoms. The van der Waals surface area contributed by atoms with Crippen LogP contribution in [0.25, 0.3) is 0 Å². The Balaban J connectivity index is 0.00000363. The van der Waals surface area contributed by atoms with Gasteiger partial charge in [-0.1, -0.05) is 30.3 Å². The van der Waals surface area contributed by atoms with Gasteiger partial charge in [-0.15, -0.1) is 11.8 Å². The predicted octanol–water partition coefficient (Wildman–Crippen LogP) is -3.63. The minimum Gasteiger partial charge on any atom is -0.548 e. The zero-order valence-electron chi connectivity index (χ0n) is 18.5. The maximum atomic E-state index is 13.1. The Morgan fingerprint density at radius 3 is 2.47 bits per heavy atom. The van der Waals surface area contributed by atoms with Gasteiger partial charge in [0.15, 0.2) is 0 Å². The maximum Gasteiger partial charge on any atom is 1.00 e. The first-order chi connectivity index (χ1) is 14.6. The van der Waals surface area contributed by atoms with Gasteiger partial charge in [-0.3, -0.25) is 14.4 Å². The van der Waals surface area contributed by atoms with Gasteiger partial charge in [0.25, 0.3) is 5.91 Å². The van der Waals surface area contributed by atoms with E-state index in [4.69, 9.17) is 4.74 Å². The fourth-order valence-electron chi connectivity index (χ4n) is 4.03. The Hall–Kier alpha value is -1.59. The van der Waals surface area contributed by atoms with Crippen LogP contribution in [0.5, 0.6) is 0 Å². The van der Waals surface area contributed by atoms with Crippen molar-refractivity contribution in [2.24, 2.45) is 5.92 Å². The second-order valence-corrected chi connectivity index (χ2v) is 9.81. The second-order valence-electron chi connectivity index (χ2n) is 8.03. The fourth-order valence-corrected chi connectivity index (χ4v) is 5.74. The summed E-state index contributed by atoms with van der Waals surface area (Å²) in [5.74, 6) is -4.50. The summed E-state index contributed by atoms with van der Waals surface area (Å²) in [6, 6.07) is 7.77. The topological polar surface area (TPSA) is 127 Å². The van der Waals surface area contributed by atoms with Crippen molar-refractivity contribution < 1.29 is 63.7 Å². The number of thioether (sulfide) groups is 1. The van der Waals surface area contributed by atoms with E-state index in [9.17, 15) is 29.4 Å². The van der Waals surface area contributed by atoms with E-state index in [0.29, 0.717) is 0 Å². The number of carbonyl (C=O) groups is 4. The number of nitrogens with zero attached hydrogens (tertiary/aromatic N) is 2. The molecule has 2 heterocycles. The normalized spacial score (nSPS) is 23.9. The van der Waals surface area contributed by atoms with Crippen molar-refractivity contribution in [3.8, 4) is 0 Å². The first kappa shape index (κ1) is 26.7. The Bertz CT molecular complexity index is 882. The summed E-state index contributed by atoms with van der Waals surface area (Å²) >= 11 is 1.21. The van der Waals surface area contributed by atoms with Crippen LogP contribution in [0, 0.1) is 5.92 Å². The van der Waals surface area contributed by atoms with E-state index in [2.05, 4.69) is 0 Å². The average Bonchev–Trinajstić information content (AvgIpc) is 2.95. The van der Waals surface area contributed by atoms with E-state index in [1.54, 1.807) is 45.0 Å². The molecule has 2 amide bonds. The van der Waals surface area contributed by atoms with E-state index in [1.807, 2.05) is 6.07 Å². The molecule has 1 aromatic carbocycles. The summed E-state index contributed by atoms with van der Waals surface area (Å²) in [6.07, 6.45) is -1.71. The van der Waals surface area contributed by atoms with Gasteiger partial charge in [-0.25, -0.2) is 0 Å². The zero-order chi connectivity index (χ0) is 22.9. The Labute approximate surface area is 212 Å². The molecule has 0 aliphatic carbocycles. The number of carboxylic acid groups (broad SMARTS) is 1. The number of aliphatic hydroxyl groups is 1. The second kappa shape index (κ2) is 10.6. The Morgan fingerprint density at radius 1 is 1.28 bits per heavy atom. The number of esters is 1. The van der Waals surface area contributed by atoms with Crippen LogP contribution >= 0.6 is 11.8 Å². The average molecular weight is 472 g/mol. The quantitative estimate of drug-likeness (QED) is 0.233. The van der Waals surface area contributed by atoms with Crippen LogP contribution in [0.1, 0.15) is 26.3 Å². The van der Waals surface area contributed by atoms with E-state index in [0.717, 1.165) is 15.4 Å². The summed E-state index contributed by atoms with van der Waals surface area (Å²) in [5, 5.41) is 21.7. The monoisotopic (exact) mass is 472 g/mol. The molecule has 168 valence electrons. The molecule has 0 aromatic heterocycles. The molecule has 2 aliphatic heterocycles. The number of hydrogen-bond acceptors (Lipinski definition) is 8. The molecule has 0 spiro atoms. The molecule has 9 nitrogen and oxygen atoms in total. The van der Waals surface area contributed by atoms with Gasteiger partial charge in [0, 0.05) is 11.3 Å². The minimum absolute atomic E-state index is 0. The third kappa shape index (κ3) is 5.14. The number of hydrogen-bond donors (Lipinski definition) is 1. The number of carbonyl (C=O) groups excluding carboxylic acids is 4. The molecule has 0 saturated carbocycles. The molecule has 2 saturated heterocycles. The van der Waals surface area contributed by atoms with Crippen LogP contribution in [0.4, 0.5) is 0 Å². The number of aliphatic hydroxyl groups excluding tert-OH is 1. The number of amides is 2. The molecular formula is C21H25N2NaO7S. The standard InChI is InChI=1S/C21H26N2O7S.Na/c1-4-30-13(24)11-22(10-12-8-6-5-7-9-12)18(27)15(25)14-17(26)23-16(20(28)29)21(2,3)31-19(14)23;/h5-9,14-16,19,25H,4,10-11H2,1-3H3,(H,28,29);/q;+1/p-1/t14-,15+,16+,19-;/m1./s1. The first-order valence-corrected chi connectivity index (χ1v) is 10.8. The van der Waals surface area contributed by atoms with Crippen LogP contribution in [-0.2, 0) is 30.5 Å². The number of benzene rings is 1. The largest absolute Gasteiger partial charge is 1.00 e. The molecule has 1 aromatic rings. The van der Waals surface area contributed by atoms with Crippen LogP contribution in [0.3, 0.4) is 0 Å². The Kier molecular flexibility index (Phi) is 8.80. The summed E-state index contributed by atoms with van der Waals surface area (Å²) in [5.41, 5.74) is 0.738. The van der Waals surface area contributed by atoms with E-state index in [1.165, 1.54) is 11.8 Å². The van der Waals surface area contributed by atoms with Gasteiger partial charge in [0.05, 0.1) is 24.0 Å². The summed E-state index contributed by atoms with van der Waals surface area (Å²) in [4.78, 5) is 51.7. The molecule has 2 fully saturated rings. The number of fused-ring (bicyclic) bond motifs is 1. The van der Waals surface area contributed by atoms with Gasteiger partial charge >= 0.3 is 35.5 Å². The molecule has 32 heavy (non-hydrogen) atoms. The molecule has 0 bridgehead atoms. The molecule has 0 radical (unpaired) electrons. The van der Waals surface area contributed by atoms with E-state index in [-0.39, 0.29) is 49.3 Å².